The van der Waals surface area contributed by atoms with Crippen LogP contribution in [0.3, 0.4) is 0 Å². The Morgan fingerprint density at radius 3 is 2.38 bits per heavy atom. The molecule has 0 aromatic carbocycles. The third-order valence-electron chi connectivity index (χ3n) is 0.854. The molecule has 0 fully saturated rings. The maximum Gasteiger partial charge on any atom is 0.400 e. The van der Waals surface area contributed by atoms with Gasteiger partial charge in [-0.05, 0) is 13.8 Å². The minimum Gasteiger partial charge on any atom is -0.481 e. The molecule has 0 saturated carbocycles. The molecule has 0 amide bonds. The fourth-order valence-electron chi connectivity index (χ4n) is 0.495. The molecule has 1 N–H and O–H groups in total. The van der Waals surface area contributed by atoms with Crippen molar-refractivity contribution in [3.05, 3.63) is 0 Å². The number of hydrogen-bond acceptors (Lipinski definition) is 5. The summed E-state index contributed by atoms with van der Waals surface area (Å²) in [6.07, 6.45) is -0.893. The predicted octanol–water partition coefficient (Wildman–Crippen LogP) is 0.148. The van der Waals surface area contributed by atoms with Crippen LogP contribution in [-0.4, -0.2) is 32.2 Å². The van der Waals surface area contributed by atoms with Gasteiger partial charge in [-0.15, -0.1) is 0 Å². The first kappa shape index (κ1) is 12.3. The average molecular weight is 212 g/mol. The van der Waals surface area contributed by atoms with Crippen molar-refractivity contribution in [2.75, 3.05) is 6.61 Å². The summed E-state index contributed by atoms with van der Waals surface area (Å²) in [6.45, 7) is 2.64. The summed E-state index contributed by atoms with van der Waals surface area (Å²) in [6, 6.07) is 0. The van der Waals surface area contributed by atoms with Gasteiger partial charge in [0.05, 0.1) is 19.1 Å². The molecule has 7 heteroatoms. The van der Waals surface area contributed by atoms with Gasteiger partial charge in [0.2, 0.25) is 0 Å². The Labute approximate surface area is 76.8 Å². The van der Waals surface area contributed by atoms with E-state index in [0.29, 0.717) is 0 Å². The Hall–Kier alpha value is -0.660. The van der Waals surface area contributed by atoms with Crippen LogP contribution in [0.25, 0.3) is 0 Å². The number of aliphatic carboxylic acids is 1. The highest BCUT2D eigenvalue weighted by Gasteiger charge is 2.14. The van der Waals surface area contributed by atoms with Crippen LogP contribution in [0.1, 0.15) is 20.3 Å². The van der Waals surface area contributed by atoms with Crippen LogP contribution in [0, 0.1) is 0 Å². The van der Waals surface area contributed by atoms with E-state index in [1.165, 1.54) is 13.8 Å². The summed E-state index contributed by atoms with van der Waals surface area (Å²) in [5.41, 5.74) is 0. The van der Waals surface area contributed by atoms with Crippen LogP contribution in [0.4, 0.5) is 0 Å². The zero-order chi connectivity index (χ0) is 10.5. The molecular weight excluding hydrogens is 200 g/mol. The van der Waals surface area contributed by atoms with E-state index in [0.717, 1.165) is 0 Å². The summed E-state index contributed by atoms with van der Waals surface area (Å²) in [5, 5.41) is 8.18. The molecule has 0 aliphatic rings. The number of carbonyl (C=O) groups is 1. The molecule has 0 bridgehead atoms. The highest BCUT2D eigenvalue weighted by Crippen LogP contribution is 2.01. The van der Waals surface area contributed by atoms with Crippen molar-refractivity contribution in [1.29, 1.82) is 0 Å². The lowest BCUT2D eigenvalue weighted by atomic mass is 10.5. The second-order valence-electron chi connectivity index (χ2n) is 2.52. The van der Waals surface area contributed by atoms with Gasteiger partial charge in [0.25, 0.3) is 0 Å². The number of hydrogen-bond donors (Lipinski definition) is 1. The molecule has 6 nitrogen and oxygen atoms in total. The SMILES string of the molecule is CC(C)OS(=O)(=O)OCCC(=O)O. The van der Waals surface area contributed by atoms with Crippen molar-refractivity contribution >= 4 is 16.4 Å². The third kappa shape index (κ3) is 7.69. The molecule has 0 unspecified atom stereocenters. The van der Waals surface area contributed by atoms with Crippen molar-refractivity contribution in [2.45, 2.75) is 26.4 Å². The van der Waals surface area contributed by atoms with Gasteiger partial charge in [-0.1, -0.05) is 0 Å². The van der Waals surface area contributed by atoms with E-state index in [-0.39, 0.29) is 6.42 Å². The van der Waals surface area contributed by atoms with Crippen LogP contribution >= 0.6 is 0 Å². The van der Waals surface area contributed by atoms with Gasteiger partial charge in [-0.2, -0.15) is 8.42 Å². The summed E-state index contributed by atoms with van der Waals surface area (Å²) in [4.78, 5) is 9.99. The van der Waals surface area contributed by atoms with E-state index >= 15 is 0 Å². The molecule has 0 aliphatic heterocycles. The maximum absolute atomic E-state index is 10.8. The lowest BCUT2D eigenvalue weighted by Gasteiger charge is -2.06. The molecule has 0 aromatic rings. The smallest absolute Gasteiger partial charge is 0.400 e. The molecular formula is C6H12O6S. The second kappa shape index (κ2) is 5.15. The van der Waals surface area contributed by atoms with Gasteiger partial charge < -0.3 is 5.11 Å². The Balaban J connectivity index is 3.84. The molecule has 0 aromatic heterocycles. The lowest BCUT2D eigenvalue weighted by molar-refractivity contribution is -0.137. The summed E-state index contributed by atoms with van der Waals surface area (Å²) in [5.74, 6) is -1.13. The monoisotopic (exact) mass is 212 g/mol. The van der Waals surface area contributed by atoms with Crippen molar-refractivity contribution < 1.29 is 26.7 Å². The highest BCUT2D eigenvalue weighted by molar-refractivity contribution is 7.81. The first-order valence-electron chi connectivity index (χ1n) is 3.63. The fourth-order valence-corrected chi connectivity index (χ4v) is 1.31. The van der Waals surface area contributed by atoms with E-state index in [9.17, 15) is 13.2 Å². The summed E-state index contributed by atoms with van der Waals surface area (Å²) >= 11 is 0. The van der Waals surface area contributed by atoms with Crippen LogP contribution in [0.15, 0.2) is 0 Å². The minimum absolute atomic E-state index is 0.374. The van der Waals surface area contributed by atoms with Crippen molar-refractivity contribution in [3.8, 4) is 0 Å². The van der Waals surface area contributed by atoms with Gasteiger partial charge in [0, 0.05) is 0 Å². The molecule has 78 valence electrons. The molecule has 0 radical (unpaired) electrons. The van der Waals surface area contributed by atoms with Crippen LogP contribution in [-0.2, 0) is 23.6 Å². The highest BCUT2D eigenvalue weighted by atomic mass is 32.3. The Morgan fingerprint density at radius 1 is 1.46 bits per heavy atom. The topological polar surface area (TPSA) is 89.9 Å². The zero-order valence-corrected chi connectivity index (χ0v) is 8.20. The van der Waals surface area contributed by atoms with Gasteiger partial charge in [0.15, 0.2) is 0 Å². The van der Waals surface area contributed by atoms with E-state index in [1.54, 1.807) is 0 Å². The largest absolute Gasteiger partial charge is 0.481 e. The molecule has 13 heavy (non-hydrogen) atoms. The Morgan fingerprint density at radius 2 is 2.00 bits per heavy atom. The van der Waals surface area contributed by atoms with Gasteiger partial charge in [-0.25, -0.2) is 8.37 Å². The standard InChI is InChI=1S/C6H12O6S/c1-5(2)12-13(9,10)11-4-3-6(7)8/h5H,3-4H2,1-2H3,(H,7,8). The lowest BCUT2D eigenvalue weighted by Crippen LogP contribution is -2.16. The van der Waals surface area contributed by atoms with Crippen molar-refractivity contribution in [1.82, 2.24) is 0 Å². The molecule has 0 saturated heterocycles. The van der Waals surface area contributed by atoms with Crippen LogP contribution in [0.2, 0.25) is 0 Å². The first-order chi connectivity index (χ1) is 5.83. The normalized spacial score (nSPS) is 11.9. The van der Waals surface area contributed by atoms with Crippen molar-refractivity contribution in [2.24, 2.45) is 0 Å². The molecule has 0 spiro atoms. The van der Waals surface area contributed by atoms with Gasteiger partial charge in [-0.3, -0.25) is 4.79 Å². The predicted molar refractivity (Wildman–Crippen MR) is 43.3 cm³/mol. The van der Waals surface area contributed by atoms with Crippen molar-refractivity contribution in [3.63, 3.8) is 0 Å². The van der Waals surface area contributed by atoms with Crippen LogP contribution < -0.4 is 0 Å². The second-order valence-corrected chi connectivity index (χ2v) is 3.76. The Kier molecular flexibility index (Phi) is 4.89. The molecule has 0 heterocycles. The molecule has 0 rings (SSSR count). The summed E-state index contributed by atoms with van der Waals surface area (Å²) < 4.78 is 30.2. The molecule has 0 aliphatic carbocycles. The fraction of sp³-hybridized carbons (Fsp3) is 0.833. The first-order valence-corrected chi connectivity index (χ1v) is 4.96. The van der Waals surface area contributed by atoms with E-state index in [2.05, 4.69) is 8.37 Å². The minimum atomic E-state index is -4.04. The zero-order valence-electron chi connectivity index (χ0n) is 7.39. The molecule has 0 atom stereocenters. The summed E-state index contributed by atoms with van der Waals surface area (Å²) in [7, 11) is -4.04. The number of carboxylic acid groups (broad SMARTS) is 1. The Bertz CT molecular complexity index is 254. The quantitative estimate of drug-likeness (QED) is 0.673. The van der Waals surface area contributed by atoms with E-state index in [4.69, 9.17) is 5.11 Å². The third-order valence-corrected chi connectivity index (χ3v) is 1.93. The van der Waals surface area contributed by atoms with Gasteiger partial charge >= 0.3 is 16.4 Å². The average Bonchev–Trinajstić information content (AvgIpc) is 1.81. The maximum atomic E-state index is 10.8. The number of carboxylic acids is 1. The van der Waals surface area contributed by atoms with Gasteiger partial charge in [0.1, 0.15) is 0 Å². The van der Waals surface area contributed by atoms with E-state index in [1.807, 2.05) is 0 Å². The number of rotatable bonds is 6. The van der Waals surface area contributed by atoms with E-state index < -0.39 is 29.1 Å². The van der Waals surface area contributed by atoms with Crippen LogP contribution in [0.5, 0.6) is 0 Å².